The zero-order valence-corrected chi connectivity index (χ0v) is 13.5. The first kappa shape index (κ1) is 15.1. The van der Waals surface area contributed by atoms with Gasteiger partial charge < -0.3 is 24.8 Å². The number of benzene rings is 2. The normalized spacial score (nSPS) is 14.3. The Hall–Kier alpha value is -3.40. The zero-order chi connectivity index (χ0) is 17.6. The highest BCUT2D eigenvalue weighted by Gasteiger charge is 2.26. The number of aromatic hydroxyl groups is 2. The predicted molar refractivity (Wildman–Crippen MR) is 92.7 cm³/mol. The van der Waals surface area contributed by atoms with Crippen LogP contribution in [0.25, 0.3) is 22.4 Å². The molecule has 0 amide bonds. The van der Waals surface area contributed by atoms with Crippen molar-refractivity contribution in [3.8, 4) is 34.7 Å². The fourth-order valence-electron chi connectivity index (χ4n) is 2.98. The SMILES string of the molecule is COc1cc(-c2nc3cc(N4CC(C#N)C4)ccc3[nH]2)cc(O)c1O. The van der Waals surface area contributed by atoms with E-state index < -0.39 is 0 Å². The van der Waals surface area contributed by atoms with Gasteiger partial charge in [-0.1, -0.05) is 0 Å². The average Bonchev–Trinajstić information content (AvgIpc) is 2.99. The Morgan fingerprint density at radius 2 is 2.08 bits per heavy atom. The van der Waals surface area contributed by atoms with E-state index in [2.05, 4.69) is 20.9 Å². The third-order valence-electron chi connectivity index (χ3n) is 4.44. The molecule has 25 heavy (non-hydrogen) atoms. The molecule has 0 atom stereocenters. The third kappa shape index (κ3) is 2.48. The number of nitrogens with zero attached hydrogens (tertiary/aromatic N) is 3. The summed E-state index contributed by atoms with van der Waals surface area (Å²) in [6.45, 7) is 1.48. The molecule has 1 saturated heterocycles. The van der Waals surface area contributed by atoms with E-state index in [1.807, 2.05) is 18.2 Å². The second kappa shape index (κ2) is 5.60. The van der Waals surface area contributed by atoms with E-state index in [-0.39, 0.29) is 23.2 Å². The summed E-state index contributed by atoms with van der Waals surface area (Å²) in [4.78, 5) is 9.91. The Balaban J connectivity index is 1.70. The largest absolute Gasteiger partial charge is 0.504 e. The molecule has 3 N–H and O–H groups in total. The van der Waals surface area contributed by atoms with Crippen molar-refractivity contribution in [2.75, 3.05) is 25.1 Å². The van der Waals surface area contributed by atoms with Gasteiger partial charge in [0.25, 0.3) is 0 Å². The van der Waals surface area contributed by atoms with E-state index in [0.29, 0.717) is 11.4 Å². The molecule has 0 aliphatic carbocycles. The molecule has 0 saturated carbocycles. The maximum atomic E-state index is 9.85. The van der Waals surface area contributed by atoms with Gasteiger partial charge in [-0.05, 0) is 30.3 Å². The lowest BCUT2D eigenvalue weighted by molar-refractivity contribution is 0.351. The molecule has 1 aromatic heterocycles. The number of methoxy groups -OCH3 is 1. The number of nitriles is 1. The van der Waals surface area contributed by atoms with Crippen LogP contribution in [-0.2, 0) is 0 Å². The van der Waals surface area contributed by atoms with Crippen molar-refractivity contribution in [1.82, 2.24) is 9.97 Å². The molecule has 0 unspecified atom stereocenters. The van der Waals surface area contributed by atoms with Crippen molar-refractivity contribution in [3.63, 3.8) is 0 Å². The third-order valence-corrected chi connectivity index (χ3v) is 4.44. The molecular formula is C18H16N4O3. The second-order valence-electron chi connectivity index (χ2n) is 6.06. The average molecular weight is 336 g/mol. The summed E-state index contributed by atoms with van der Waals surface area (Å²) in [7, 11) is 1.42. The predicted octanol–water partition coefficient (Wildman–Crippen LogP) is 2.61. The number of phenols is 2. The smallest absolute Gasteiger partial charge is 0.200 e. The van der Waals surface area contributed by atoms with E-state index >= 15 is 0 Å². The van der Waals surface area contributed by atoms with Gasteiger partial charge in [0.2, 0.25) is 5.75 Å². The van der Waals surface area contributed by atoms with E-state index in [9.17, 15) is 10.2 Å². The molecule has 126 valence electrons. The van der Waals surface area contributed by atoms with E-state index in [0.717, 1.165) is 29.8 Å². The van der Waals surface area contributed by atoms with Crippen LogP contribution in [0.2, 0.25) is 0 Å². The van der Waals surface area contributed by atoms with Crippen molar-refractivity contribution < 1.29 is 14.9 Å². The molecule has 0 radical (unpaired) electrons. The van der Waals surface area contributed by atoms with E-state index in [1.165, 1.54) is 13.2 Å². The van der Waals surface area contributed by atoms with Gasteiger partial charge in [0.15, 0.2) is 11.5 Å². The molecule has 1 fully saturated rings. The van der Waals surface area contributed by atoms with Gasteiger partial charge in [-0.3, -0.25) is 0 Å². The van der Waals surface area contributed by atoms with Gasteiger partial charge in [-0.2, -0.15) is 5.26 Å². The van der Waals surface area contributed by atoms with Crippen LogP contribution in [0.1, 0.15) is 0 Å². The molecule has 1 aliphatic rings. The van der Waals surface area contributed by atoms with Gasteiger partial charge in [0.1, 0.15) is 5.82 Å². The standard InChI is InChI=1S/C18H16N4O3/c1-25-16-5-11(4-15(23)17(16)24)18-20-13-3-2-12(6-14(13)21-18)22-8-10(7-19)9-22/h2-6,10,23-24H,8-9H2,1H3,(H,20,21). The summed E-state index contributed by atoms with van der Waals surface area (Å²) < 4.78 is 5.07. The molecule has 7 heteroatoms. The summed E-state index contributed by atoms with van der Waals surface area (Å²) in [5, 5.41) is 28.5. The van der Waals surface area contributed by atoms with Gasteiger partial charge in [0, 0.05) is 24.3 Å². The van der Waals surface area contributed by atoms with Crippen molar-refractivity contribution >= 4 is 16.7 Å². The number of aromatic nitrogens is 2. The number of phenolic OH excluding ortho intramolecular Hbond substituents is 2. The maximum Gasteiger partial charge on any atom is 0.200 e. The fourth-order valence-corrected chi connectivity index (χ4v) is 2.98. The van der Waals surface area contributed by atoms with Gasteiger partial charge in [0.05, 0.1) is 30.1 Å². The topological polar surface area (TPSA) is 105 Å². The van der Waals surface area contributed by atoms with Gasteiger partial charge in [-0.15, -0.1) is 0 Å². The molecule has 0 spiro atoms. The quantitative estimate of drug-likeness (QED) is 0.635. The lowest BCUT2D eigenvalue weighted by Crippen LogP contribution is -2.45. The zero-order valence-electron chi connectivity index (χ0n) is 13.5. The van der Waals surface area contributed by atoms with Crippen LogP contribution >= 0.6 is 0 Å². The number of aromatic amines is 1. The van der Waals surface area contributed by atoms with Crippen LogP contribution in [0, 0.1) is 17.2 Å². The van der Waals surface area contributed by atoms with E-state index in [1.54, 1.807) is 6.07 Å². The first-order valence-electron chi connectivity index (χ1n) is 7.83. The number of hydrogen-bond donors (Lipinski definition) is 3. The van der Waals surface area contributed by atoms with Crippen molar-refractivity contribution in [2.24, 2.45) is 5.92 Å². The Labute approximate surface area is 143 Å². The van der Waals surface area contributed by atoms with Crippen LogP contribution in [0.15, 0.2) is 30.3 Å². The Bertz CT molecular complexity index is 999. The maximum absolute atomic E-state index is 9.85. The second-order valence-corrected chi connectivity index (χ2v) is 6.06. The Morgan fingerprint density at radius 3 is 2.80 bits per heavy atom. The summed E-state index contributed by atoms with van der Waals surface area (Å²) in [6.07, 6.45) is 0. The summed E-state index contributed by atoms with van der Waals surface area (Å²) >= 11 is 0. The monoisotopic (exact) mass is 336 g/mol. The Kier molecular flexibility index (Phi) is 3.39. The summed E-state index contributed by atoms with van der Waals surface area (Å²) in [5.74, 6) is 0.282. The van der Waals surface area contributed by atoms with Crippen LogP contribution < -0.4 is 9.64 Å². The number of ether oxygens (including phenoxy) is 1. The molecule has 4 rings (SSSR count). The lowest BCUT2D eigenvalue weighted by Gasteiger charge is -2.37. The molecule has 0 bridgehead atoms. The van der Waals surface area contributed by atoms with Crippen molar-refractivity contribution in [2.45, 2.75) is 0 Å². The molecule has 2 heterocycles. The number of fused-ring (bicyclic) bond motifs is 1. The van der Waals surface area contributed by atoms with Crippen molar-refractivity contribution in [3.05, 3.63) is 30.3 Å². The van der Waals surface area contributed by atoms with E-state index in [4.69, 9.17) is 10.00 Å². The van der Waals surface area contributed by atoms with Crippen LogP contribution in [0.5, 0.6) is 17.2 Å². The number of nitrogens with one attached hydrogen (secondary N) is 1. The van der Waals surface area contributed by atoms with Gasteiger partial charge in [-0.25, -0.2) is 4.98 Å². The first-order chi connectivity index (χ1) is 12.1. The molecule has 7 nitrogen and oxygen atoms in total. The minimum atomic E-state index is -0.297. The highest BCUT2D eigenvalue weighted by molar-refractivity contribution is 5.83. The Morgan fingerprint density at radius 1 is 1.28 bits per heavy atom. The number of hydrogen-bond acceptors (Lipinski definition) is 6. The van der Waals surface area contributed by atoms with Crippen LogP contribution in [-0.4, -0.2) is 40.4 Å². The van der Waals surface area contributed by atoms with Crippen LogP contribution in [0.4, 0.5) is 5.69 Å². The summed E-state index contributed by atoms with van der Waals surface area (Å²) in [6, 6.07) is 11.2. The number of H-pyrrole nitrogens is 1. The lowest BCUT2D eigenvalue weighted by atomic mass is 10.0. The minimum Gasteiger partial charge on any atom is -0.504 e. The first-order valence-corrected chi connectivity index (χ1v) is 7.83. The van der Waals surface area contributed by atoms with Crippen LogP contribution in [0.3, 0.4) is 0 Å². The highest BCUT2D eigenvalue weighted by Crippen LogP contribution is 2.39. The minimum absolute atomic E-state index is 0.0953. The molecular weight excluding hydrogens is 320 g/mol. The van der Waals surface area contributed by atoms with Crippen molar-refractivity contribution in [1.29, 1.82) is 5.26 Å². The molecule has 1 aliphatic heterocycles. The highest BCUT2D eigenvalue weighted by atomic mass is 16.5. The number of rotatable bonds is 3. The van der Waals surface area contributed by atoms with Gasteiger partial charge >= 0.3 is 0 Å². The number of anilines is 1. The summed E-state index contributed by atoms with van der Waals surface area (Å²) in [5.41, 5.74) is 3.30. The fraction of sp³-hybridized carbons (Fsp3) is 0.222. The number of imidazole rings is 1. The molecule has 2 aromatic carbocycles. The molecule has 3 aromatic rings.